The SMILES string of the molecule is COC[C@@H]1CCCN(C(=O)c2ccc(N(C)CC(C)C)nc2)C1. The van der Waals surface area contributed by atoms with E-state index < -0.39 is 0 Å². The van der Waals surface area contributed by atoms with Crippen LogP contribution in [0.15, 0.2) is 18.3 Å². The van der Waals surface area contributed by atoms with Crippen molar-refractivity contribution in [2.45, 2.75) is 26.7 Å². The van der Waals surface area contributed by atoms with Gasteiger partial charge in [0.05, 0.1) is 12.2 Å². The molecule has 1 fully saturated rings. The lowest BCUT2D eigenvalue weighted by atomic mass is 9.98. The number of ether oxygens (including phenoxy) is 1. The van der Waals surface area contributed by atoms with E-state index >= 15 is 0 Å². The summed E-state index contributed by atoms with van der Waals surface area (Å²) in [6, 6.07) is 3.83. The van der Waals surface area contributed by atoms with Gasteiger partial charge in [-0.1, -0.05) is 13.8 Å². The summed E-state index contributed by atoms with van der Waals surface area (Å²) in [5, 5.41) is 0. The number of pyridine rings is 1. The minimum Gasteiger partial charge on any atom is -0.384 e. The van der Waals surface area contributed by atoms with Gasteiger partial charge in [0, 0.05) is 40.0 Å². The largest absolute Gasteiger partial charge is 0.384 e. The first-order chi connectivity index (χ1) is 11.0. The molecule has 0 spiro atoms. The van der Waals surface area contributed by atoms with E-state index in [0.717, 1.165) is 44.9 Å². The summed E-state index contributed by atoms with van der Waals surface area (Å²) in [6.45, 7) is 7.64. The molecule has 0 N–H and O–H groups in total. The number of rotatable bonds is 6. The van der Waals surface area contributed by atoms with E-state index in [-0.39, 0.29) is 5.91 Å². The van der Waals surface area contributed by atoms with Gasteiger partial charge in [0.2, 0.25) is 0 Å². The molecule has 0 aromatic carbocycles. The Kier molecular flexibility index (Phi) is 6.39. The van der Waals surface area contributed by atoms with E-state index in [4.69, 9.17) is 4.74 Å². The Hall–Kier alpha value is -1.62. The van der Waals surface area contributed by atoms with Gasteiger partial charge in [0.1, 0.15) is 5.82 Å². The lowest BCUT2D eigenvalue weighted by molar-refractivity contribution is 0.0570. The number of nitrogens with zero attached hydrogens (tertiary/aromatic N) is 3. The van der Waals surface area contributed by atoms with Crippen molar-refractivity contribution in [3.63, 3.8) is 0 Å². The number of hydrogen-bond donors (Lipinski definition) is 0. The first kappa shape index (κ1) is 17.7. The molecule has 0 bridgehead atoms. The van der Waals surface area contributed by atoms with Crippen LogP contribution in [0.5, 0.6) is 0 Å². The summed E-state index contributed by atoms with van der Waals surface area (Å²) in [6.07, 6.45) is 3.88. The minimum absolute atomic E-state index is 0.0800. The number of hydrogen-bond acceptors (Lipinski definition) is 4. The van der Waals surface area contributed by atoms with Crippen LogP contribution >= 0.6 is 0 Å². The number of carbonyl (C=O) groups excluding carboxylic acids is 1. The molecule has 128 valence electrons. The predicted molar refractivity (Wildman–Crippen MR) is 92.8 cm³/mol. The molecule has 1 aliphatic heterocycles. The molecule has 1 aliphatic rings. The van der Waals surface area contributed by atoms with E-state index in [1.807, 2.05) is 24.1 Å². The Morgan fingerprint density at radius 3 is 2.87 bits per heavy atom. The highest BCUT2D eigenvalue weighted by Crippen LogP contribution is 2.19. The molecule has 5 heteroatoms. The van der Waals surface area contributed by atoms with Crippen LogP contribution in [-0.2, 0) is 4.74 Å². The summed E-state index contributed by atoms with van der Waals surface area (Å²) in [7, 11) is 3.75. The highest BCUT2D eigenvalue weighted by molar-refractivity contribution is 5.94. The Balaban J connectivity index is 1.99. The third-order valence-electron chi connectivity index (χ3n) is 4.23. The summed E-state index contributed by atoms with van der Waals surface area (Å²) in [5.74, 6) is 2.01. The molecule has 0 radical (unpaired) electrons. The average molecular weight is 319 g/mol. The number of carbonyl (C=O) groups is 1. The van der Waals surface area contributed by atoms with Gasteiger partial charge < -0.3 is 14.5 Å². The van der Waals surface area contributed by atoms with Crippen LogP contribution in [0.3, 0.4) is 0 Å². The zero-order chi connectivity index (χ0) is 16.8. The molecule has 1 saturated heterocycles. The number of anilines is 1. The second kappa shape index (κ2) is 8.29. The summed E-state index contributed by atoms with van der Waals surface area (Å²) >= 11 is 0. The number of methoxy groups -OCH3 is 1. The van der Waals surface area contributed by atoms with Crippen molar-refractivity contribution in [3.8, 4) is 0 Å². The zero-order valence-electron chi connectivity index (χ0n) is 14.8. The van der Waals surface area contributed by atoms with Crippen LogP contribution in [0, 0.1) is 11.8 Å². The van der Waals surface area contributed by atoms with Crippen molar-refractivity contribution in [1.82, 2.24) is 9.88 Å². The highest BCUT2D eigenvalue weighted by Gasteiger charge is 2.24. The van der Waals surface area contributed by atoms with Gasteiger partial charge in [-0.15, -0.1) is 0 Å². The van der Waals surface area contributed by atoms with Gasteiger partial charge in [-0.05, 0) is 36.8 Å². The van der Waals surface area contributed by atoms with Crippen molar-refractivity contribution in [3.05, 3.63) is 23.9 Å². The molecule has 1 aromatic rings. The molecule has 0 saturated carbocycles. The molecule has 5 nitrogen and oxygen atoms in total. The first-order valence-corrected chi connectivity index (χ1v) is 8.46. The van der Waals surface area contributed by atoms with E-state index in [9.17, 15) is 4.79 Å². The maximum Gasteiger partial charge on any atom is 0.255 e. The molecule has 1 aromatic heterocycles. The van der Waals surface area contributed by atoms with Gasteiger partial charge in [-0.3, -0.25) is 4.79 Å². The van der Waals surface area contributed by atoms with E-state index in [2.05, 4.69) is 23.7 Å². The second-order valence-corrected chi connectivity index (χ2v) is 6.89. The molecule has 1 atom stereocenters. The van der Waals surface area contributed by atoms with E-state index in [0.29, 0.717) is 17.4 Å². The number of piperidine rings is 1. The Labute approximate surface area is 139 Å². The van der Waals surface area contributed by atoms with Crippen molar-refractivity contribution in [1.29, 1.82) is 0 Å². The molecule has 0 aliphatic carbocycles. The maximum absolute atomic E-state index is 12.6. The van der Waals surface area contributed by atoms with Crippen molar-refractivity contribution >= 4 is 11.7 Å². The third kappa shape index (κ3) is 4.93. The normalized spacial score (nSPS) is 18.3. The Bertz CT molecular complexity index is 499. The molecule has 2 rings (SSSR count). The lowest BCUT2D eigenvalue weighted by Gasteiger charge is -2.32. The minimum atomic E-state index is 0.0800. The fourth-order valence-electron chi connectivity index (χ4n) is 3.18. The van der Waals surface area contributed by atoms with Crippen LogP contribution in [-0.4, -0.2) is 56.2 Å². The van der Waals surface area contributed by atoms with Crippen molar-refractivity contribution < 1.29 is 9.53 Å². The topological polar surface area (TPSA) is 45.7 Å². The smallest absolute Gasteiger partial charge is 0.255 e. The van der Waals surface area contributed by atoms with Gasteiger partial charge in [-0.2, -0.15) is 0 Å². The fourth-order valence-corrected chi connectivity index (χ4v) is 3.18. The molecular weight excluding hydrogens is 290 g/mol. The predicted octanol–water partition coefficient (Wildman–Crippen LogP) is 2.67. The third-order valence-corrected chi connectivity index (χ3v) is 4.23. The van der Waals surface area contributed by atoms with Gasteiger partial charge in [0.15, 0.2) is 0 Å². The van der Waals surface area contributed by atoms with E-state index in [1.54, 1.807) is 13.3 Å². The molecule has 2 heterocycles. The average Bonchev–Trinajstić information content (AvgIpc) is 2.54. The maximum atomic E-state index is 12.6. The van der Waals surface area contributed by atoms with Crippen molar-refractivity contribution in [2.24, 2.45) is 11.8 Å². The summed E-state index contributed by atoms with van der Waals surface area (Å²) < 4.78 is 5.23. The zero-order valence-corrected chi connectivity index (χ0v) is 14.8. The summed E-state index contributed by atoms with van der Waals surface area (Å²) in [5.41, 5.74) is 0.671. The number of amides is 1. The molecule has 0 unspecified atom stereocenters. The standard InChI is InChI=1S/C18H29N3O2/c1-14(2)11-20(3)17-8-7-16(10-19-17)18(22)21-9-5-6-15(12-21)13-23-4/h7-8,10,14-15H,5-6,9,11-13H2,1-4H3/t15-/m1/s1. The number of aromatic nitrogens is 1. The van der Waals surface area contributed by atoms with Crippen LogP contribution in [0.2, 0.25) is 0 Å². The van der Waals surface area contributed by atoms with Gasteiger partial charge in [-0.25, -0.2) is 4.98 Å². The van der Waals surface area contributed by atoms with Crippen LogP contribution < -0.4 is 4.90 Å². The first-order valence-electron chi connectivity index (χ1n) is 8.46. The van der Waals surface area contributed by atoms with Crippen LogP contribution in [0.25, 0.3) is 0 Å². The quantitative estimate of drug-likeness (QED) is 0.809. The monoisotopic (exact) mass is 319 g/mol. The van der Waals surface area contributed by atoms with Gasteiger partial charge in [0.25, 0.3) is 5.91 Å². The van der Waals surface area contributed by atoms with Crippen LogP contribution in [0.1, 0.15) is 37.0 Å². The Morgan fingerprint density at radius 2 is 2.26 bits per heavy atom. The van der Waals surface area contributed by atoms with Crippen LogP contribution in [0.4, 0.5) is 5.82 Å². The van der Waals surface area contributed by atoms with E-state index in [1.165, 1.54) is 0 Å². The molecule has 1 amide bonds. The fraction of sp³-hybridized carbons (Fsp3) is 0.667. The van der Waals surface area contributed by atoms with Gasteiger partial charge >= 0.3 is 0 Å². The Morgan fingerprint density at radius 1 is 1.48 bits per heavy atom. The summed E-state index contributed by atoms with van der Waals surface area (Å²) in [4.78, 5) is 21.1. The lowest BCUT2D eigenvalue weighted by Crippen LogP contribution is -2.41. The second-order valence-electron chi connectivity index (χ2n) is 6.89. The molecule has 23 heavy (non-hydrogen) atoms. The highest BCUT2D eigenvalue weighted by atomic mass is 16.5. The number of likely N-dealkylation sites (tertiary alicyclic amines) is 1. The molecular formula is C18H29N3O2. The van der Waals surface area contributed by atoms with Crippen molar-refractivity contribution in [2.75, 3.05) is 45.3 Å².